The molecule has 5 nitrogen and oxygen atoms in total. The average molecular weight is 269 g/mol. The molecule has 1 amide bonds. The van der Waals surface area contributed by atoms with Crippen molar-refractivity contribution in [3.8, 4) is 0 Å². The highest BCUT2D eigenvalue weighted by Gasteiger charge is 2.29. The largest absolute Gasteiger partial charge is 0.377 e. The third kappa shape index (κ3) is 3.91. The van der Waals surface area contributed by atoms with E-state index in [4.69, 9.17) is 4.74 Å². The van der Waals surface area contributed by atoms with Crippen LogP contribution in [0.25, 0.3) is 0 Å². The van der Waals surface area contributed by atoms with Crippen molar-refractivity contribution >= 4 is 5.91 Å². The Balaban J connectivity index is 1.85. The number of carbonyl (C=O) groups is 1. The van der Waals surface area contributed by atoms with Crippen LogP contribution in [0.5, 0.6) is 0 Å². The molecule has 0 aromatic rings. The van der Waals surface area contributed by atoms with Crippen molar-refractivity contribution < 1.29 is 9.53 Å². The summed E-state index contributed by atoms with van der Waals surface area (Å²) in [6.07, 6.45) is 2.42. The van der Waals surface area contributed by atoms with Gasteiger partial charge in [-0.05, 0) is 45.4 Å². The van der Waals surface area contributed by atoms with Gasteiger partial charge in [-0.3, -0.25) is 4.79 Å². The van der Waals surface area contributed by atoms with Crippen molar-refractivity contribution in [3.63, 3.8) is 0 Å². The van der Waals surface area contributed by atoms with Crippen molar-refractivity contribution in [3.05, 3.63) is 0 Å². The number of carbonyl (C=O) groups excluding carboxylic acids is 1. The molecule has 0 saturated carbocycles. The lowest BCUT2D eigenvalue weighted by Gasteiger charge is -2.34. The Morgan fingerprint density at radius 3 is 2.68 bits per heavy atom. The van der Waals surface area contributed by atoms with Crippen molar-refractivity contribution in [1.29, 1.82) is 0 Å². The number of piperidine rings is 1. The van der Waals surface area contributed by atoms with E-state index in [0.717, 1.165) is 19.6 Å². The van der Waals surface area contributed by atoms with Crippen molar-refractivity contribution in [1.82, 2.24) is 15.1 Å². The van der Waals surface area contributed by atoms with Gasteiger partial charge in [-0.15, -0.1) is 0 Å². The summed E-state index contributed by atoms with van der Waals surface area (Å²) >= 11 is 0. The molecule has 0 aromatic carbocycles. The highest BCUT2D eigenvalue weighted by Crippen LogP contribution is 2.19. The molecule has 2 rings (SSSR count). The first-order valence-electron chi connectivity index (χ1n) is 7.50. The van der Waals surface area contributed by atoms with Gasteiger partial charge in [0.1, 0.15) is 6.04 Å². The van der Waals surface area contributed by atoms with E-state index in [1.807, 2.05) is 11.9 Å². The minimum Gasteiger partial charge on any atom is -0.377 e. The first-order valence-corrected chi connectivity index (χ1v) is 7.50. The zero-order chi connectivity index (χ0) is 13.7. The summed E-state index contributed by atoms with van der Waals surface area (Å²) in [5.74, 6) is 0.861. The number of likely N-dealkylation sites (N-methyl/N-ethyl adjacent to an activating group) is 1. The van der Waals surface area contributed by atoms with Crippen LogP contribution in [0.3, 0.4) is 0 Å². The lowest BCUT2D eigenvalue weighted by Crippen LogP contribution is -2.48. The van der Waals surface area contributed by atoms with Gasteiger partial charge in [-0.25, -0.2) is 0 Å². The Hall–Kier alpha value is -0.650. The molecular formula is C14H27N3O2. The van der Waals surface area contributed by atoms with Crippen LogP contribution in [-0.4, -0.2) is 74.7 Å². The van der Waals surface area contributed by atoms with Crippen molar-refractivity contribution in [2.24, 2.45) is 5.92 Å². The second kappa shape index (κ2) is 7.22. The predicted molar refractivity (Wildman–Crippen MR) is 75.1 cm³/mol. The fraction of sp³-hybridized carbons (Fsp3) is 0.929. The summed E-state index contributed by atoms with van der Waals surface area (Å²) in [5, 5.41) is 3.05. The summed E-state index contributed by atoms with van der Waals surface area (Å²) in [4.78, 5) is 16.8. The minimum absolute atomic E-state index is 0.168. The normalized spacial score (nSPS) is 27.6. The topological polar surface area (TPSA) is 44.8 Å². The molecule has 1 unspecified atom stereocenters. The van der Waals surface area contributed by atoms with Crippen LogP contribution in [-0.2, 0) is 9.53 Å². The molecule has 2 aliphatic heterocycles. The van der Waals surface area contributed by atoms with Crippen molar-refractivity contribution in [2.75, 3.05) is 53.0 Å². The van der Waals surface area contributed by atoms with E-state index >= 15 is 0 Å². The van der Waals surface area contributed by atoms with Crippen LogP contribution < -0.4 is 5.32 Å². The SMILES string of the molecule is CCN1CCC(CN2CCOCC(NC)C2=O)CC1. The predicted octanol–water partition coefficient (Wildman–Crippen LogP) is 0.165. The molecule has 5 heteroatoms. The summed E-state index contributed by atoms with van der Waals surface area (Å²) < 4.78 is 5.49. The molecule has 0 radical (unpaired) electrons. The standard InChI is InChI=1S/C14H27N3O2/c1-3-16-6-4-12(5-7-16)10-17-8-9-19-11-13(15-2)14(17)18/h12-13,15H,3-11H2,1-2H3. The number of hydrogen-bond acceptors (Lipinski definition) is 4. The van der Waals surface area contributed by atoms with Gasteiger partial charge in [0.05, 0.1) is 13.2 Å². The van der Waals surface area contributed by atoms with Crippen LogP contribution in [0.15, 0.2) is 0 Å². The van der Waals surface area contributed by atoms with Gasteiger partial charge in [0.15, 0.2) is 0 Å². The summed E-state index contributed by atoms with van der Waals surface area (Å²) in [6.45, 7) is 8.52. The summed E-state index contributed by atoms with van der Waals surface area (Å²) in [7, 11) is 1.83. The van der Waals surface area contributed by atoms with E-state index in [9.17, 15) is 4.79 Å². The molecule has 19 heavy (non-hydrogen) atoms. The van der Waals surface area contributed by atoms with Crippen LogP contribution in [0.1, 0.15) is 19.8 Å². The third-order valence-electron chi connectivity index (χ3n) is 4.38. The minimum atomic E-state index is -0.168. The highest BCUT2D eigenvalue weighted by molar-refractivity contribution is 5.82. The quantitative estimate of drug-likeness (QED) is 0.790. The Morgan fingerprint density at radius 1 is 1.32 bits per heavy atom. The zero-order valence-electron chi connectivity index (χ0n) is 12.2. The van der Waals surface area contributed by atoms with E-state index in [1.54, 1.807) is 0 Å². The van der Waals surface area contributed by atoms with Crippen LogP contribution in [0.2, 0.25) is 0 Å². The van der Waals surface area contributed by atoms with Gasteiger partial charge in [0.25, 0.3) is 0 Å². The number of hydrogen-bond donors (Lipinski definition) is 1. The first kappa shape index (κ1) is 14.8. The van der Waals surface area contributed by atoms with Gasteiger partial charge in [0.2, 0.25) is 5.91 Å². The number of nitrogens with zero attached hydrogens (tertiary/aromatic N) is 2. The maximum Gasteiger partial charge on any atom is 0.242 e. The first-order chi connectivity index (χ1) is 9.24. The lowest BCUT2D eigenvalue weighted by molar-refractivity contribution is -0.133. The van der Waals surface area contributed by atoms with E-state index in [1.165, 1.54) is 25.9 Å². The number of rotatable bonds is 4. The maximum atomic E-state index is 12.3. The van der Waals surface area contributed by atoms with Crippen LogP contribution in [0.4, 0.5) is 0 Å². The Morgan fingerprint density at radius 2 is 2.05 bits per heavy atom. The van der Waals surface area contributed by atoms with Gasteiger partial charge in [-0.1, -0.05) is 6.92 Å². The molecule has 110 valence electrons. The van der Waals surface area contributed by atoms with E-state index in [-0.39, 0.29) is 11.9 Å². The van der Waals surface area contributed by atoms with Crippen molar-refractivity contribution in [2.45, 2.75) is 25.8 Å². The van der Waals surface area contributed by atoms with Crippen LogP contribution >= 0.6 is 0 Å². The zero-order valence-corrected chi connectivity index (χ0v) is 12.2. The molecule has 0 aromatic heterocycles. The second-order valence-electron chi connectivity index (χ2n) is 5.58. The monoisotopic (exact) mass is 269 g/mol. The van der Waals surface area contributed by atoms with Crippen LogP contribution in [0, 0.1) is 5.92 Å². The average Bonchev–Trinajstić information content (AvgIpc) is 2.62. The van der Waals surface area contributed by atoms with Gasteiger partial charge in [-0.2, -0.15) is 0 Å². The summed E-state index contributed by atoms with van der Waals surface area (Å²) in [6, 6.07) is -0.168. The molecule has 1 atom stereocenters. The smallest absolute Gasteiger partial charge is 0.242 e. The summed E-state index contributed by atoms with van der Waals surface area (Å²) in [5.41, 5.74) is 0. The van der Waals surface area contributed by atoms with Gasteiger partial charge < -0.3 is 19.9 Å². The van der Waals surface area contributed by atoms with Gasteiger partial charge in [0, 0.05) is 13.1 Å². The fourth-order valence-corrected chi connectivity index (χ4v) is 2.96. The van der Waals surface area contributed by atoms with Gasteiger partial charge >= 0.3 is 0 Å². The molecule has 1 N–H and O–H groups in total. The fourth-order valence-electron chi connectivity index (χ4n) is 2.96. The number of ether oxygens (including phenoxy) is 1. The number of nitrogens with one attached hydrogen (secondary N) is 1. The molecule has 0 bridgehead atoms. The maximum absolute atomic E-state index is 12.3. The molecule has 2 aliphatic rings. The molecule has 2 heterocycles. The number of amides is 1. The molecule has 2 fully saturated rings. The second-order valence-corrected chi connectivity index (χ2v) is 5.58. The third-order valence-corrected chi connectivity index (χ3v) is 4.38. The molecule has 0 spiro atoms. The Kier molecular flexibility index (Phi) is 5.60. The van der Waals surface area contributed by atoms with E-state index in [2.05, 4.69) is 17.1 Å². The Bertz CT molecular complexity index is 290. The lowest BCUT2D eigenvalue weighted by atomic mass is 9.96. The highest BCUT2D eigenvalue weighted by atomic mass is 16.5. The Labute approximate surface area is 116 Å². The van der Waals surface area contributed by atoms with E-state index < -0.39 is 0 Å². The molecule has 0 aliphatic carbocycles. The number of likely N-dealkylation sites (tertiary alicyclic amines) is 1. The van der Waals surface area contributed by atoms with E-state index in [0.29, 0.717) is 19.1 Å². The molecular weight excluding hydrogens is 242 g/mol. The molecule has 2 saturated heterocycles.